The highest BCUT2D eigenvalue weighted by Gasteiger charge is 1.85. The van der Waals surface area contributed by atoms with Crippen molar-refractivity contribution >= 4 is 0 Å². The molecular formula is C10H17N. The van der Waals surface area contributed by atoms with Crippen molar-refractivity contribution in [1.82, 2.24) is 0 Å². The Kier molecular flexibility index (Phi) is 5.49. The standard InChI is InChI=1S/C10H17N/c1-4-5-6-10(8-11)7-9(2)3/h4-7H,8,11H2,1-3H3/b5-4-,10-6+. The van der Waals surface area contributed by atoms with E-state index in [-0.39, 0.29) is 0 Å². The Morgan fingerprint density at radius 2 is 2.00 bits per heavy atom. The molecule has 0 aliphatic heterocycles. The fourth-order valence-electron chi connectivity index (χ4n) is 0.766. The van der Waals surface area contributed by atoms with E-state index in [2.05, 4.69) is 19.9 Å². The van der Waals surface area contributed by atoms with Crippen LogP contribution in [0.4, 0.5) is 0 Å². The van der Waals surface area contributed by atoms with Gasteiger partial charge in [-0.15, -0.1) is 0 Å². The zero-order chi connectivity index (χ0) is 8.69. The fourth-order valence-corrected chi connectivity index (χ4v) is 0.766. The van der Waals surface area contributed by atoms with Crippen molar-refractivity contribution in [2.75, 3.05) is 6.54 Å². The Morgan fingerprint density at radius 1 is 1.36 bits per heavy atom. The van der Waals surface area contributed by atoms with Gasteiger partial charge in [-0.3, -0.25) is 0 Å². The summed E-state index contributed by atoms with van der Waals surface area (Å²) < 4.78 is 0. The van der Waals surface area contributed by atoms with E-state index in [4.69, 9.17) is 5.73 Å². The van der Waals surface area contributed by atoms with Crippen molar-refractivity contribution in [2.45, 2.75) is 20.8 Å². The molecular weight excluding hydrogens is 134 g/mol. The van der Waals surface area contributed by atoms with Crippen LogP contribution in [-0.2, 0) is 0 Å². The molecule has 0 saturated heterocycles. The third kappa shape index (κ3) is 5.62. The minimum atomic E-state index is 0.607. The summed E-state index contributed by atoms with van der Waals surface area (Å²) in [6, 6.07) is 0. The lowest BCUT2D eigenvalue weighted by molar-refractivity contribution is 1.17. The van der Waals surface area contributed by atoms with Gasteiger partial charge in [0, 0.05) is 6.54 Å². The first-order chi connectivity index (χ1) is 5.20. The highest BCUT2D eigenvalue weighted by molar-refractivity contribution is 5.26. The van der Waals surface area contributed by atoms with Crippen LogP contribution in [0.15, 0.2) is 35.5 Å². The van der Waals surface area contributed by atoms with Gasteiger partial charge < -0.3 is 5.73 Å². The van der Waals surface area contributed by atoms with Crippen LogP contribution in [0.5, 0.6) is 0 Å². The van der Waals surface area contributed by atoms with E-state index < -0.39 is 0 Å². The third-order valence-electron chi connectivity index (χ3n) is 1.21. The first kappa shape index (κ1) is 10.2. The molecule has 0 aromatic heterocycles. The summed E-state index contributed by atoms with van der Waals surface area (Å²) >= 11 is 0. The van der Waals surface area contributed by atoms with Crippen LogP contribution in [0, 0.1) is 0 Å². The van der Waals surface area contributed by atoms with E-state index >= 15 is 0 Å². The predicted octanol–water partition coefficient (Wildman–Crippen LogP) is 2.41. The maximum atomic E-state index is 5.52. The van der Waals surface area contributed by atoms with Crippen LogP contribution < -0.4 is 5.73 Å². The quantitative estimate of drug-likeness (QED) is 0.616. The lowest BCUT2D eigenvalue weighted by Crippen LogP contribution is -2.00. The van der Waals surface area contributed by atoms with Gasteiger partial charge >= 0.3 is 0 Å². The van der Waals surface area contributed by atoms with Gasteiger partial charge in [0.15, 0.2) is 0 Å². The Morgan fingerprint density at radius 3 is 2.36 bits per heavy atom. The Balaban J connectivity index is 4.28. The molecule has 0 aromatic rings. The van der Waals surface area contributed by atoms with E-state index in [0.29, 0.717) is 6.54 Å². The van der Waals surface area contributed by atoms with Crippen LogP contribution in [0.2, 0.25) is 0 Å². The van der Waals surface area contributed by atoms with Gasteiger partial charge in [-0.25, -0.2) is 0 Å². The van der Waals surface area contributed by atoms with Crippen LogP contribution in [0.25, 0.3) is 0 Å². The third-order valence-corrected chi connectivity index (χ3v) is 1.21. The Bertz CT molecular complexity index is 181. The van der Waals surface area contributed by atoms with E-state index in [1.54, 1.807) is 0 Å². The maximum absolute atomic E-state index is 5.52. The first-order valence-electron chi connectivity index (χ1n) is 3.87. The summed E-state index contributed by atoms with van der Waals surface area (Å²) in [6.07, 6.45) is 8.13. The highest BCUT2D eigenvalue weighted by Crippen LogP contribution is 1.99. The second kappa shape index (κ2) is 5.93. The van der Waals surface area contributed by atoms with Gasteiger partial charge in [0.2, 0.25) is 0 Å². The molecule has 62 valence electrons. The van der Waals surface area contributed by atoms with Gasteiger partial charge in [-0.05, 0) is 26.3 Å². The highest BCUT2D eigenvalue weighted by atomic mass is 14.5. The second-order valence-electron chi connectivity index (χ2n) is 2.69. The van der Waals surface area contributed by atoms with Crippen LogP contribution in [-0.4, -0.2) is 6.54 Å². The van der Waals surface area contributed by atoms with Crippen molar-refractivity contribution in [1.29, 1.82) is 0 Å². The number of hydrogen-bond donors (Lipinski definition) is 1. The van der Waals surface area contributed by atoms with Crippen molar-refractivity contribution in [3.63, 3.8) is 0 Å². The fraction of sp³-hybridized carbons (Fsp3) is 0.400. The molecule has 1 heteroatoms. The van der Waals surface area contributed by atoms with E-state index in [1.807, 2.05) is 25.2 Å². The van der Waals surface area contributed by atoms with Crippen molar-refractivity contribution in [3.05, 3.63) is 35.5 Å². The van der Waals surface area contributed by atoms with Gasteiger partial charge in [0.1, 0.15) is 0 Å². The summed E-state index contributed by atoms with van der Waals surface area (Å²) in [4.78, 5) is 0. The molecule has 0 heterocycles. The molecule has 0 amide bonds. The zero-order valence-electron chi connectivity index (χ0n) is 7.59. The molecule has 0 aromatic carbocycles. The summed E-state index contributed by atoms with van der Waals surface area (Å²) in [6.45, 7) is 6.74. The maximum Gasteiger partial charge on any atom is 0.0178 e. The molecule has 2 N–H and O–H groups in total. The molecule has 0 fully saturated rings. The van der Waals surface area contributed by atoms with Crippen LogP contribution in [0.1, 0.15) is 20.8 Å². The Hall–Kier alpha value is -0.820. The molecule has 0 atom stereocenters. The van der Waals surface area contributed by atoms with Gasteiger partial charge in [0.05, 0.1) is 0 Å². The van der Waals surface area contributed by atoms with Crippen molar-refractivity contribution in [2.24, 2.45) is 5.73 Å². The van der Waals surface area contributed by atoms with E-state index in [9.17, 15) is 0 Å². The zero-order valence-corrected chi connectivity index (χ0v) is 7.59. The Labute approximate surface area is 69.3 Å². The molecule has 0 saturated carbocycles. The summed E-state index contributed by atoms with van der Waals surface area (Å²) in [5.74, 6) is 0. The number of nitrogens with two attached hydrogens (primary N) is 1. The molecule has 0 spiro atoms. The SMILES string of the molecule is C/C=C\C=C(/C=C(C)C)CN. The topological polar surface area (TPSA) is 26.0 Å². The molecule has 0 bridgehead atoms. The average molecular weight is 151 g/mol. The molecule has 0 unspecified atom stereocenters. The second-order valence-corrected chi connectivity index (χ2v) is 2.69. The molecule has 0 aliphatic rings. The predicted molar refractivity (Wildman–Crippen MR) is 51.4 cm³/mol. The van der Waals surface area contributed by atoms with Crippen LogP contribution in [0.3, 0.4) is 0 Å². The van der Waals surface area contributed by atoms with Crippen LogP contribution >= 0.6 is 0 Å². The van der Waals surface area contributed by atoms with Gasteiger partial charge in [0.25, 0.3) is 0 Å². The van der Waals surface area contributed by atoms with E-state index in [0.717, 1.165) is 0 Å². The first-order valence-corrected chi connectivity index (χ1v) is 3.87. The molecule has 1 nitrogen and oxygen atoms in total. The normalized spacial score (nSPS) is 12.2. The summed E-state index contributed by atoms with van der Waals surface area (Å²) in [5, 5.41) is 0. The van der Waals surface area contributed by atoms with Crippen molar-refractivity contribution < 1.29 is 0 Å². The molecule has 0 aliphatic carbocycles. The minimum Gasteiger partial charge on any atom is -0.326 e. The molecule has 11 heavy (non-hydrogen) atoms. The largest absolute Gasteiger partial charge is 0.326 e. The summed E-state index contributed by atoms with van der Waals surface area (Å²) in [5.41, 5.74) is 7.97. The minimum absolute atomic E-state index is 0.607. The summed E-state index contributed by atoms with van der Waals surface area (Å²) in [7, 11) is 0. The lowest BCUT2D eigenvalue weighted by Gasteiger charge is -1.95. The number of rotatable bonds is 3. The number of allylic oxidation sites excluding steroid dienone is 4. The monoisotopic (exact) mass is 151 g/mol. The smallest absolute Gasteiger partial charge is 0.0178 e. The number of hydrogen-bond acceptors (Lipinski definition) is 1. The van der Waals surface area contributed by atoms with Crippen molar-refractivity contribution in [3.8, 4) is 0 Å². The van der Waals surface area contributed by atoms with Gasteiger partial charge in [-0.1, -0.05) is 29.9 Å². The average Bonchev–Trinajstić information content (AvgIpc) is 1.97. The van der Waals surface area contributed by atoms with Gasteiger partial charge in [-0.2, -0.15) is 0 Å². The lowest BCUT2D eigenvalue weighted by atomic mass is 10.2. The van der Waals surface area contributed by atoms with E-state index in [1.165, 1.54) is 11.1 Å². The molecule has 0 rings (SSSR count). The molecule has 0 radical (unpaired) electrons.